The fraction of sp³-hybridized carbons (Fsp3) is 0.357. The number of aromatic nitrogens is 2. The fourth-order valence-electron chi connectivity index (χ4n) is 1.20. The van der Waals surface area contributed by atoms with Crippen molar-refractivity contribution < 1.29 is 13.2 Å². The highest BCUT2D eigenvalue weighted by molar-refractivity contribution is 5.03. The lowest BCUT2D eigenvalue weighted by molar-refractivity contribution is 0.00819. The predicted octanol–water partition coefficient (Wildman–Crippen LogP) is 4.62. The topological polar surface area (TPSA) is 28.7 Å². The third-order valence-electron chi connectivity index (χ3n) is 2.03. The van der Waals surface area contributed by atoms with Gasteiger partial charge in [-0.3, -0.25) is 4.98 Å². The first-order valence-corrected chi connectivity index (χ1v) is 6.06. The molecule has 0 saturated heterocycles. The van der Waals surface area contributed by atoms with Crippen molar-refractivity contribution in [3.05, 3.63) is 54.6 Å². The second kappa shape index (κ2) is 12.7. The molecule has 0 radical (unpaired) electrons. The lowest BCUT2D eigenvalue weighted by Gasteiger charge is -1.91. The zero-order valence-electron chi connectivity index (χ0n) is 10.9. The molecule has 106 valence electrons. The summed E-state index contributed by atoms with van der Waals surface area (Å²) in [6.07, 6.45) is 9.24. The van der Waals surface area contributed by atoms with Crippen LogP contribution in [0.25, 0.3) is 0 Å². The van der Waals surface area contributed by atoms with Gasteiger partial charge in [0.15, 0.2) is 0 Å². The number of nitrogens with zero attached hydrogens (tertiary/aromatic N) is 1. The molecule has 0 saturated carbocycles. The minimum absolute atomic E-state index is 1.20. The van der Waals surface area contributed by atoms with Gasteiger partial charge < -0.3 is 4.98 Å². The Kier molecular flexibility index (Phi) is 11.5. The van der Waals surface area contributed by atoms with E-state index in [1.807, 2.05) is 30.5 Å². The smallest absolute Gasteiger partial charge is 0.365 e. The number of halogens is 3. The van der Waals surface area contributed by atoms with Gasteiger partial charge in [0.25, 0.3) is 0 Å². The van der Waals surface area contributed by atoms with Gasteiger partial charge in [0.05, 0.1) is 0 Å². The van der Waals surface area contributed by atoms with Gasteiger partial charge in [0, 0.05) is 24.3 Å². The molecule has 0 aliphatic carbocycles. The molecule has 19 heavy (non-hydrogen) atoms. The molecule has 0 aliphatic rings. The highest BCUT2D eigenvalue weighted by Gasteiger charge is 1.88. The van der Waals surface area contributed by atoms with Crippen molar-refractivity contribution in [2.45, 2.75) is 32.9 Å². The van der Waals surface area contributed by atoms with Crippen LogP contribution in [-0.4, -0.2) is 16.6 Å². The van der Waals surface area contributed by atoms with Crippen molar-refractivity contribution in [1.29, 1.82) is 0 Å². The number of hydrogen-bond donors (Lipinski definition) is 1. The Bertz CT molecular complexity index is 334. The number of aryl methyl sites for hydroxylation is 1. The van der Waals surface area contributed by atoms with Crippen LogP contribution in [0.1, 0.15) is 25.5 Å². The average molecular weight is 272 g/mol. The monoisotopic (exact) mass is 272 g/mol. The average Bonchev–Trinajstić information content (AvgIpc) is 2.91. The summed E-state index contributed by atoms with van der Waals surface area (Å²) >= 11 is 0. The van der Waals surface area contributed by atoms with Crippen molar-refractivity contribution >= 4 is 0 Å². The van der Waals surface area contributed by atoms with E-state index in [9.17, 15) is 13.2 Å². The number of unbranched alkanes of at least 4 members (excludes halogenated alkanes) is 1. The summed E-state index contributed by atoms with van der Waals surface area (Å²) < 4.78 is 29.0. The van der Waals surface area contributed by atoms with Gasteiger partial charge in [-0.2, -0.15) is 13.2 Å². The fourth-order valence-corrected chi connectivity index (χ4v) is 1.20. The molecular weight excluding hydrogens is 253 g/mol. The summed E-state index contributed by atoms with van der Waals surface area (Å²) in [5.41, 5.74) is 1.36. The van der Waals surface area contributed by atoms with E-state index in [1.54, 1.807) is 12.4 Å². The van der Waals surface area contributed by atoms with E-state index in [4.69, 9.17) is 0 Å². The first kappa shape index (κ1) is 17.2. The molecule has 0 fully saturated rings. The van der Waals surface area contributed by atoms with Crippen LogP contribution in [0, 0.1) is 0 Å². The van der Waals surface area contributed by atoms with Crippen molar-refractivity contribution in [1.82, 2.24) is 9.97 Å². The van der Waals surface area contributed by atoms with E-state index < -0.39 is 6.68 Å². The number of aromatic amines is 1. The Balaban J connectivity index is 0.000000281. The molecule has 0 amide bonds. The van der Waals surface area contributed by atoms with Crippen molar-refractivity contribution in [2.24, 2.45) is 0 Å². The number of rotatable bonds is 3. The SMILES string of the molecule is CCCCc1ccc[nH]1.FC(F)F.c1ccncc1. The summed E-state index contributed by atoms with van der Waals surface area (Å²) in [6.45, 7) is -1.46. The molecule has 5 heteroatoms. The molecule has 0 atom stereocenters. The number of hydrogen-bond acceptors (Lipinski definition) is 1. The van der Waals surface area contributed by atoms with Gasteiger partial charge in [0.2, 0.25) is 0 Å². The van der Waals surface area contributed by atoms with Crippen molar-refractivity contribution in [3.63, 3.8) is 0 Å². The Morgan fingerprint density at radius 2 is 1.74 bits per heavy atom. The largest absolute Gasteiger partial charge is 0.379 e. The van der Waals surface area contributed by atoms with Crippen LogP contribution in [0.15, 0.2) is 48.9 Å². The van der Waals surface area contributed by atoms with E-state index >= 15 is 0 Å². The third kappa shape index (κ3) is 14.2. The third-order valence-corrected chi connectivity index (χ3v) is 2.03. The van der Waals surface area contributed by atoms with Crippen LogP contribution in [0.3, 0.4) is 0 Å². The van der Waals surface area contributed by atoms with Gasteiger partial charge >= 0.3 is 6.68 Å². The van der Waals surface area contributed by atoms with Crippen LogP contribution < -0.4 is 0 Å². The molecule has 0 spiro atoms. The number of pyridine rings is 1. The van der Waals surface area contributed by atoms with Gasteiger partial charge in [-0.15, -0.1) is 0 Å². The zero-order chi connectivity index (χ0) is 14.3. The van der Waals surface area contributed by atoms with Gasteiger partial charge in [-0.05, 0) is 37.1 Å². The lowest BCUT2D eigenvalue weighted by Crippen LogP contribution is -1.81. The minimum Gasteiger partial charge on any atom is -0.365 e. The number of alkyl halides is 3. The van der Waals surface area contributed by atoms with Gasteiger partial charge in [-0.1, -0.05) is 19.4 Å². The predicted molar refractivity (Wildman–Crippen MR) is 70.8 cm³/mol. The van der Waals surface area contributed by atoms with Crippen molar-refractivity contribution in [3.8, 4) is 0 Å². The molecule has 0 aliphatic heterocycles. The first-order valence-electron chi connectivity index (χ1n) is 6.06. The van der Waals surface area contributed by atoms with Crippen LogP contribution in [0.4, 0.5) is 13.2 Å². The zero-order valence-corrected chi connectivity index (χ0v) is 10.9. The highest BCUT2D eigenvalue weighted by atomic mass is 19.4. The normalized spacial score (nSPS) is 9.11. The Morgan fingerprint density at radius 1 is 1.11 bits per heavy atom. The maximum Gasteiger partial charge on any atom is 0.379 e. The molecule has 2 heterocycles. The lowest BCUT2D eigenvalue weighted by atomic mass is 10.2. The summed E-state index contributed by atoms with van der Waals surface area (Å²) in [7, 11) is 0. The summed E-state index contributed by atoms with van der Waals surface area (Å²) in [5, 5.41) is 0. The summed E-state index contributed by atoms with van der Waals surface area (Å²) in [4.78, 5) is 6.96. The van der Waals surface area contributed by atoms with Crippen LogP contribution in [-0.2, 0) is 6.42 Å². The molecule has 2 aromatic heterocycles. The maximum absolute atomic E-state index is 9.67. The molecule has 0 unspecified atom stereocenters. The molecular formula is C14H19F3N2. The van der Waals surface area contributed by atoms with Crippen LogP contribution in [0.5, 0.6) is 0 Å². The molecule has 2 rings (SSSR count). The molecule has 0 aromatic carbocycles. The van der Waals surface area contributed by atoms with E-state index in [1.165, 1.54) is 25.0 Å². The molecule has 0 bridgehead atoms. The number of H-pyrrole nitrogens is 1. The standard InChI is InChI=1S/C8H13N.C5H5N.CHF3/c1-2-3-5-8-6-4-7-9-8;1-2-4-6-5-3-1;2-1(3)4/h4,6-7,9H,2-3,5H2,1H3;1-5H;1H. The summed E-state index contributed by atoms with van der Waals surface area (Å²) in [6, 6.07) is 9.90. The van der Waals surface area contributed by atoms with E-state index in [0.29, 0.717) is 0 Å². The van der Waals surface area contributed by atoms with E-state index in [2.05, 4.69) is 23.0 Å². The van der Waals surface area contributed by atoms with Gasteiger partial charge in [0.1, 0.15) is 0 Å². The van der Waals surface area contributed by atoms with E-state index in [-0.39, 0.29) is 0 Å². The van der Waals surface area contributed by atoms with Crippen molar-refractivity contribution in [2.75, 3.05) is 0 Å². The minimum atomic E-state index is -3.67. The second-order valence-corrected chi connectivity index (χ2v) is 3.57. The molecule has 2 nitrogen and oxygen atoms in total. The Labute approximate surface area is 111 Å². The summed E-state index contributed by atoms with van der Waals surface area (Å²) in [5.74, 6) is 0. The Hall–Kier alpha value is -1.78. The quantitative estimate of drug-likeness (QED) is 0.868. The molecule has 2 aromatic rings. The second-order valence-electron chi connectivity index (χ2n) is 3.57. The van der Waals surface area contributed by atoms with Gasteiger partial charge in [-0.25, -0.2) is 0 Å². The van der Waals surface area contributed by atoms with E-state index in [0.717, 1.165) is 0 Å². The Morgan fingerprint density at radius 3 is 2.05 bits per heavy atom. The highest BCUT2D eigenvalue weighted by Crippen LogP contribution is 2.00. The molecule has 1 N–H and O–H groups in total. The van der Waals surface area contributed by atoms with Crippen LogP contribution >= 0.6 is 0 Å². The van der Waals surface area contributed by atoms with Crippen LogP contribution in [0.2, 0.25) is 0 Å². The maximum atomic E-state index is 9.67. The first-order chi connectivity index (χ1) is 9.16. The number of nitrogens with one attached hydrogen (secondary N) is 1.